The number of Topliss-reactive ketones (excluding diaryl/α,β-unsaturated/α-hetero) is 1. The van der Waals surface area contributed by atoms with Crippen molar-refractivity contribution in [3.63, 3.8) is 0 Å². The van der Waals surface area contributed by atoms with Crippen LogP contribution in [0.4, 0.5) is 0 Å². The first-order valence-corrected chi connectivity index (χ1v) is 8.42. The highest BCUT2D eigenvalue weighted by molar-refractivity contribution is 6.08. The van der Waals surface area contributed by atoms with E-state index in [0.29, 0.717) is 22.4 Å². The molecule has 0 radical (unpaired) electrons. The van der Waals surface area contributed by atoms with Gasteiger partial charge in [0.2, 0.25) is 0 Å². The quantitative estimate of drug-likeness (QED) is 0.704. The molecule has 0 aliphatic heterocycles. The van der Waals surface area contributed by atoms with Crippen LogP contribution in [-0.2, 0) is 0 Å². The monoisotopic (exact) mass is 337 g/mol. The Morgan fingerprint density at radius 1 is 1.24 bits per heavy atom. The van der Waals surface area contributed by atoms with Gasteiger partial charge in [-0.1, -0.05) is 32.9 Å². The van der Waals surface area contributed by atoms with E-state index < -0.39 is 5.41 Å². The molecule has 5 nitrogen and oxygen atoms in total. The standard InChI is InChI=1S/C20H23N3O2/c1-12(2)25-14-8-6-7-13(9-14)16-11-22-19-17(23-16)15(10-21-19)18(24)20(3,4)5/h6-12H,1-5H3,(H,21,22). The third-order valence-electron chi connectivity index (χ3n) is 3.81. The zero-order valence-corrected chi connectivity index (χ0v) is 15.3. The molecule has 0 aliphatic carbocycles. The van der Waals surface area contributed by atoms with Crippen LogP contribution in [0.25, 0.3) is 22.4 Å². The number of carbonyl (C=O) groups is 1. The summed E-state index contributed by atoms with van der Waals surface area (Å²) in [6, 6.07) is 7.74. The minimum absolute atomic E-state index is 0.0436. The molecule has 0 saturated carbocycles. The maximum atomic E-state index is 12.7. The van der Waals surface area contributed by atoms with Gasteiger partial charge in [0.25, 0.3) is 0 Å². The van der Waals surface area contributed by atoms with Crippen LogP contribution in [0.2, 0.25) is 0 Å². The van der Waals surface area contributed by atoms with Crippen molar-refractivity contribution >= 4 is 16.9 Å². The predicted octanol–water partition coefficient (Wildman–Crippen LogP) is 4.64. The summed E-state index contributed by atoms with van der Waals surface area (Å²) in [5.41, 5.74) is 2.94. The molecule has 2 aromatic heterocycles. The zero-order chi connectivity index (χ0) is 18.2. The first-order chi connectivity index (χ1) is 11.8. The van der Waals surface area contributed by atoms with Crippen LogP contribution >= 0.6 is 0 Å². The van der Waals surface area contributed by atoms with E-state index in [1.54, 1.807) is 12.4 Å². The zero-order valence-electron chi connectivity index (χ0n) is 15.3. The van der Waals surface area contributed by atoms with E-state index in [1.165, 1.54) is 0 Å². The molecule has 0 bridgehead atoms. The minimum Gasteiger partial charge on any atom is -0.491 e. The van der Waals surface area contributed by atoms with Crippen molar-refractivity contribution in [3.8, 4) is 17.0 Å². The molecule has 0 saturated heterocycles. The Hall–Kier alpha value is -2.69. The van der Waals surface area contributed by atoms with Gasteiger partial charge in [-0.25, -0.2) is 9.97 Å². The van der Waals surface area contributed by atoms with Gasteiger partial charge < -0.3 is 9.72 Å². The van der Waals surface area contributed by atoms with Gasteiger partial charge in [0.1, 0.15) is 11.3 Å². The molecule has 0 fully saturated rings. The lowest BCUT2D eigenvalue weighted by molar-refractivity contribution is 0.0860. The number of nitrogens with one attached hydrogen (secondary N) is 1. The fourth-order valence-electron chi connectivity index (χ4n) is 2.61. The fraction of sp³-hybridized carbons (Fsp3) is 0.350. The predicted molar refractivity (Wildman–Crippen MR) is 98.9 cm³/mol. The number of carbonyl (C=O) groups excluding carboxylic acids is 1. The summed E-state index contributed by atoms with van der Waals surface area (Å²) >= 11 is 0. The molecular weight excluding hydrogens is 314 g/mol. The van der Waals surface area contributed by atoms with Crippen molar-refractivity contribution in [1.29, 1.82) is 0 Å². The van der Waals surface area contributed by atoms with Crippen molar-refractivity contribution < 1.29 is 9.53 Å². The molecule has 1 aromatic carbocycles. The number of nitrogens with zero attached hydrogens (tertiary/aromatic N) is 2. The second-order valence-corrected chi connectivity index (χ2v) is 7.43. The van der Waals surface area contributed by atoms with Gasteiger partial charge in [0, 0.05) is 17.2 Å². The van der Waals surface area contributed by atoms with E-state index in [4.69, 9.17) is 9.72 Å². The van der Waals surface area contributed by atoms with Crippen LogP contribution in [0.3, 0.4) is 0 Å². The molecule has 0 spiro atoms. The highest BCUT2D eigenvalue weighted by Crippen LogP contribution is 2.28. The number of rotatable bonds is 4. The van der Waals surface area contributed by atoms with Crippen molar-refractivity contribution in [3.05, 3.63) is 42.2 Å². The summed E-state index contributed by atoms with van der Waals surface area (Å²) in [7, 11) is 0. The Kier molecular flexibility index (Phi) is 4.33. The molecule has 130 valence electrons. The average Bonchev–Trinajstić information content (AvgIpc) is 2.95. The van der Waals surface area contributed by atoms with Crippen molar-refractivity contribution in [2.45, 2.75) is 40.7 Å². The first-order valence-electron chi connectivity index (χ1n) is 8.42. The Bertz CT molecular complexity index is 920. The molecule has 0 amide bonds. The maximum Gasteiger partial charge on any atom is 0.171 e. The van der Waals surface area contributed by atoms with Crippen LogP contribution in [0.15, 0.2) is 36.7 Å². The summed E-state index contributed by atoms with van der Waals surface area (Å²) in [6.07, 6.45) is 3.50. The molecule has 0 unspecified atom stereocenters. The lowest BCUT2D eigenvalue weighted by atomic mass is 9.87. The number of ketones is 1. The Morgan fingerprint density at radius 3 is 2.68 bits per heavy atom. The number of benzene rings is 1. The molecular formula is C20H23N3O2. The third kappa shape index (κ3) is 3.55. The second-order valence-electron chi connectivity index (χ2n) is 7.43. The average molecular weight is 337 g/mol. The lowest BCUT2D eigenvalue weighted by Gasteiger charge is -2.15. The maximum absolute atomic E-state index is 12.7. The lowest BCUT2D eigenvalue weighted by Crippen LogP contribution is -2.20. The van der Waals surface area contributed by atoms with Gasteiger partial charge >= 0.3 is 0 Å². The smallest absolute Gasteiger partial charge is 0.171 e. The minimum atomic E-state index is -0.474. The largest absolute Gasteiger partial charge is 0.491 e. The molecule has 1 N–H and O–H groups in total. The molecule has 3 rings (SSSR count). The van der Waals surface area contributed by atoms with Gasteiger partial charge in [0.05, 0.1) is 23.6 Å². The first kappa shape index (κ1) is 17.1. The highest BCUT2D eigenvalue weighted by Gasteiger charge is 2.26. The van der Waals surface area contributed by atoms with E-state index in [2.05, 4.69) is 9.97 Å². The van der Waals surface area contributed by atoms with Gasteiger partial charge in [-0.2, -0.15) is 0 Å². The summed E-state index contributed by atoms with van der Waals surface area (Å²) < 4.78 is 5.75. The summed E-state index contributed by atoms with van der Waals surface area (Å²) in [6.45, 7) is 9.68. The number of H-pyrrole nitrogens is 1. The Balaban J connectivity index is 2.05. The molecule has 25 heavy (non-hydrogen) atoms. The number of fused-ring (bicyclic) bond motifs is 1. The second kappa shape index (κ2) is 6.31. The van der Waals surface area contributed by atoms with Crippen LogP contribution in [0, 0.1) is 5.41 Å². The van der Waals surface area contributed by atoms with Gasteiger partial charge in [-0.05, 0) is 26.0 Å². The summed E-state index contributed by atoms with van der Waals surface area (Å²) in [4.78, 5) is 24.8. The topological polar surface area (TPSA) is 67.9 Å². The van der Waals surface area contributed by atoms with Crippen molar-refractivity contribution in [1.82, 2.24) is 15.0 Å². The number of hydrogen-bond acceptors (Lipinski definition) is 4. The van der Waals surface area contributed by atoms with Crippen molar-refractivity contribution in [2.75, 3.05) is 0 Å². The SMILES string of the molecule is CC(C)Oc1cccc(-c2cnc3[nH]cc(C(=O)C(C)(C)C)c3n2)c1. The molecule has 2 heterocycles. The van der Waals surface area contributed by atoms with Crippen LogP contribution in [0.1, 0.15) is 45.0 Å². The van der Waals surface area contributed by atoms with E-state index in [0.717, 1.165) is 11.3 Å². The fourth-order valence-corrected chi connectivity index (χ4v) is 2.61. The van der Waals surface area contributed by atoms with Gasteiger partial charge in [-0.3, -0.25) is 4.79 Å². The third-order valence-corrected chi connectivity index (χ3v) is 3.81. The Labute approximate surface area is 147 Å². The van der Waals surface area contributed by atoms with Crippen LogP contribution in [-0.4, -0.2) is 26.8 Å². The highest BCUT2D eigenvalue weighted by atomic mass is 16.5. The normalized spacial score (nSPS) is 11.9. The van der Waals surface area contributed by atoms with E-state index >= 15 is 0 Å². The number of aromatic amines is 1. The molecule has 3 aromatic rings. The molecule has 5 heteroatoms. The summed E-state index contributed by atoms with van der Waals surface area (Å²) in [5.74, 6) is 0.830. The number of ether oxygens (including phenoxy) is 1. The Morgan fingerprint density at radius 2 is 2.00 bits per heavy atom. The number of hydrogen-bond donors (Lipinski definition) is 1. The van der Waals surface area contributed by atoms with Crippen LogP contribution < -0.4 is 4.74 Å². The van der Waals surface area contributed by atoms with E-state index in [9.17, 15) is 4.79 Å². The van der Waals surface area contributed by atoms with Crippen LogP contribution in [0.5, 0.6) is 5.75 Å². The number of aromatic nitrogens is 3. The molecule has 0 aliphatic rings. The van der Waals surface area contributed by atoms with E-state index in [-0.39, 0.29) is 11.9 Å². The molecule has 0 atom stereocenters. The van der Waals surface area contributed by atoms with Gasteiger partial charge in [-0.15, -0.1) is 0 Å². The van der Waals surface area contributed by atoms with Crippen molar-refractivity contribution in [2.24, 2.45) is 5.41 Å². The van der Waals surface area contributed by atoms with Gasteiger partial charge in [0.15, 0.2) is 11.4 Å². The summed E-state index contributed by atoms with van der Waals surface area (Å²) in [5, 5.41) is 0. The van der Waals surface area contributed by atoms with E-state index in [1.807, 2.05) is 58.9 Å².